The van der Waals surface area contributed by atoms with E-state index in [9.17, 15) is 9.90 Å². The molecule has 184 valence electrons. The summed E-state index contributed by atoms with van der Waals surface area (Å²) >= 11 is 0. The lowest BCUT2D eigenvalue weighted by molar-refractivity contribution is 0.197. The highest BCUT2D eigenvalue weighted by Gasteiger charge is 2.38. The molecule has 3 aromatic carbocycles. The number of ether oxygens (including phenoxy) is 1. The van der Waals surface area contributed by atoms with E-state index in [1.54, 1.807) is 19.2 Å². The topological polar surface area (TPSA) is 65.0 Å². The summed E-state index contributed by atoms with van der Waals surface area (Å²) < 4.78 is 5.21. The zero-order chi connectivity index (χ0) is 24.9. The quantitative estimate of drug-likeness (QED) is 0.523. The van der Waals surface area contributed by atoms with Gasteiger partial charge in [-0.25, -0.2) is 4.79 Å². The maximum atomic E-state index is 13.1. The Kier molecular flexibility index (Phi) is 7.11. The Hall–Kier alpha value is -3.95. The zero-order valence-electron chi connectivity index (χ0n) is 20.5. The minimum Gasteiger partial charge on any atom is -0.507 e. The van der Waals surface area contributed by atoms with E-state index in [0.717, 1.165) is 49.5 Å². The highest BCUT2D eigenvalue weighted by atomic mass is 16.5. The molecule has 2 aliphatic heterocycles. The van der Waals surface area contributed by atoms with Crippen LogP contribution in [0.1, 0.15) is 35.4 Å². The molecule has 0 spiro atoms. The number of nitrogens with one attached hydrogen (secondary N) is 1. The average Bonchev–Trinajstić information content (AvgIpc) is 3.18. The Labute approximate surface area is 212 Å². The molecule has 0 bridgehead atoms. The van der Waals surface area contributed by atoms with Crippen LogP contribution in [-0.4, -0.2) is 60.3 Å². The lowest BCUT2D eigenvalue weighted by Crippen LogP contribution is -2.43. The van der Waals surface area contributed by atoms with Crippen molar-refractivity contribution in [1.29, 1.82) is 0 Å². The minimum atomic E-state index is -0.0533. The molecule has 2 aliphatic rings. The first-order valence-corrected chi connectivity index (χ1v) is 12.4. The van der Waals surface area contributed by atoms with Crippen molar-refractivity contribution >= 4 is 11.7 Å². The standard InChI is InChI=1S/C30H31N3O3/c1-36-26-15-13-25(14-16-26)31-30(35)33-19-4-18-32-20-17-27(28(32)21-33)23-10-7-22(8-11-23)9-12-24-5-2-3-6-29(24)34/h2-3,5-8,10-11,13-16,27-28,34H,4,17-21H2,1H3,(H,31,35)/t27-,28+/m1/s1. The number of amides is 2. The first-order valence-electron chi connectivity index (χ1n) is 12.4. The van der Waals surface area contributed by atoms with Gasteiger partial charge in [0.1, 0.15) is 11.5 Å². The lowest BCUT2D eigenvalue weighted by Gasteiger charge is -2.30. The van der Waals surface area contributed by atoms with Crippen LogP contribution >= 0.6 is 0 Å². The number of urea groups is 1. The molecule has 6 heteroatoms. The van der Waals surface area contributed by atoms with Crippen LogP contribution in [0.25, 0.3) is 0 Å². The van der Waals surface area contributed by atoms with Gasteiger partial charge in [0, 0.05) is 42.8 Å². The number of benzene rings is 3. The second kappa shape index (κ2) is 10.8. The Morgan fingerprint density at radius 3 is 2.50 bits per heavy atom. The smallest absolute Gasteiger partial charge is 0.321 e. The van der Waals surface area contributed by atoms with Crippen molar-refractivity contribution in [3.05, 3.63) is 89.5 Å². The van der Waals surface area contributed by atoms with Crippen LogP contribution < -0.4 is 10.1 Å². The predicted octanol–water partition coefficient (Wildman–Crippen LogP) is 4.90. The van der Waals surface area contributed by atoms with E-state index in [2.05, 4.69) is 46.3 Å². The van der Waals surface area contributed by atoms with E-state index in [1.807, 2.05) is 41.3 Å². The number of carbonyl (C=O) groups is 1. The molecular formula is C30H31N3O3. The van der Waals surface area contributed by atoms with Gasteiger partial charge in [-0.2, -0.15) is 0 Å². The second-order valence-corrected chi connectivity index (χ2v) is 9.35. The van der Waals surface area contributed by atoms with Crippen LogP contribution in [-0.2, 0) is 0 Å². The number of nitrogens with zero attached hydrogens (tertiary/aromatic N) is 2. The van der Waals surface area contributed by atoms with Crippen molar-refractivity contribution in [2.75, 3.05) is 38.6 Å². The van der Waals surface area contributed by atoms with Crippen molar-refractivity contribution in [3.63, 3.8) is 0 Å². The second-order valence-electron chi connectivity index (χ2n) is 9.35. The molecule has 0 aliphatic carbocycles. The molecule has 2 heterocycles. The van der Waals surface area contributed by atoms with Crippen molar-refractivity contribution in [1.82, 2.24) is 9.80 Å². The third-order valence-electron chi connectivity index (χ3n) is 7.15. The number of para-hydroxylation sites is 1. The molecular weight excluding hydrogens is 450 g/mol. The largest absolute Gasteiger partial charge is 0.507 e. The molecule has 0 saturated carbocycles. The summed E-state index contributed by atoms with van der Waals surface area (Å²) in [5.41, 5.74) is 3.59. The highest BCUT2D eigenvalue weighted by Crippen LogP contribution is 2.35. The average molecular weight is 482 g/mol. The van der Waals surface area contributed by atoms with E-state index in [-0.39, 0.29) is 11.8 Å². The Morgan fingerprint density at radius 1 is 0.972 bits per heavy atom. The fourth-order valence-electron chi connectivity index (χ4n) is 5.20. The number of phenolic OH excluding ortho intramolecular Hbond substituents is 1. The van der Waals surface area contributed by atoms with Crippen LogP contribution in [0.15, 0.2) is 72.8 Å². The van der Waals surface area contributed by atoms with Gasteiger partial charge in [0.15, 0.2) is 0 Å². The number of hydrogen-bond acceptors (Lipinski definition) is 4. The van der Waals surface area contributed by atoms with Gasteiger partial charge in [0.2, 0.25) is 0 Å². The minimum absolute atomic E-state index is 0.0533. The van der Waals surface area contributed by atoms with Crippen LogP contribution in [0, 0.1) is 11.8 Å². The summed E-state index contributed by atoms with van der Waals surface area (Å²) in [6.45, 7) is 3.53. The summed E-state index contributed by atoms with van der Waals surface area (Å²) in [5, 5.41) is 13.0. The van der Waals surface area contributed by atoms with Gasteiger partial charge in [0.05, 0.1) is 12.7 Å². The third kappa shape index (κ3) is 5.32. The summed E-state index contributed by atoms with van der Waals surface area (Å²) in [4.78, 5) is 17.6. The Morgan fingerprint density at radius 2 is 1.75 bits per heavy atom. The summed E-state index contributed by atoms with van der Waals surface area (Å²) in [6, 6.07) is 23.2. The van der Waals surface area contributed by atoms with Crippen LogP contribution in [0.5, 0.6) is 11.5 Å². The molecule has 0 unspecified atom stereocenters. The molecule has 2 atom stereocenters. The molecule has 3 aromatic rings. The molecule has 0 radical (unpaired) electrons. The molecule has 0 aromatic heterocycles. The van der Waals surface area contributed by atoms with Gasteiger partial charge in [0.25, 0.3) is 0 Å². The molecule has 2 N–H and O–H groups in total. The van der Waals surface area contributed by atoms with E-state index < -0.39 is 0 Å². The number of rotatable bonds is 3. The highest BCUT2D eigenvalue weighted by molar-refractivity contribution is 5.89. The fraction of sp³-hybridized carbons (Fsp3) is 0.300. The molecule has 36 heavy (non-hydrogen) atoms. The number of fused-ring (bicyclic) bond motifs is 1. The number of phenols is 1. The first-order chi connectivity index (χ1) is 17.6. The first kappa shape index (κ1) is 23.8. The lowest BCUT2D eigenvalue weighted by atomic mass is 9.91. The van der Waals surface area contributed by atoms with Crippen LogP contribution in [0.3, 0.4) is 0 Å². The van der Waals surface area contributed by atoms with Crippen LogP contribution in [0.2, 0.25) is 0 Å². The van der Waals surface area contributed by atoms with Gasteiger partial charge in [-0.3, -0.25) is 4.90 Å². The van der Waals surface area contributed by atoms with Crippen molar-refractivity contribution in [2.45, 2.75) is 24.8 Å². The molecule has 2 fully saturated rings. The number of carbonyl (C=O) groups excluding carboxylic acids is 1. The summed E-state index contributed by atoms with van der Waals surface area (Å²) in [5.74, 6) is 7.54. The van der Waals surface area contributed by atoms with Gasteiger partial charge >= 0.3 is 6.03 Å². The Bertz CT molecular complexity index is 1260. The van der Waals surface area contributed by atoms with Gasteiger partial charge < -0.3 is 20.1 Å². The van der Waals surface area contributed by atoms with Crippen molar-refractivity contribution in [3.8, 4) is 23.3 Å². The van der Waals surface area contributed by atoms with Crippen LogP contribution in [0.4, 0.5) is 10.5 Å². The van der Waals surface area contributed by atoms with Gasteiger partial charge in [-0.1, -0.05) is 36.1 Å². The molecule has 2 amide bonds. The molecule has 5 rings (SSSR count). The number of aromatic hydroxyl groups is 1. The van der Waals surface area contributed by atoms with Crippen molar-refractivity contribution < 1.29 is 14.6 Å². The van der Waals surface area contributed by atoms with E-state index in [0.29, 0.717) is 24.1 Å². The normalized spacial score (nSPS) is 19.5. The summed E-state index contributed by atoms with van der Waals surface area (Å²) in [7, 11) is 1.63. The third-order valence-corrected chi connectivity index (χ3v) is 7.15. The van der Waals surface area contributed by atoms with Gasteiger partial charge in [-0.05, 0) is 73.5 Å². The van der Waals surface area contributed by atoms with E-state index in [1.165, 1.54) is 5.56 Å². The van der Waals surface area contributed by atoms with Gasteiger partial charge in [-0.15, -0.1) is 0 Å². The molecule has 6 nitrogen and oxygen atoms in total. The summed E-state index contributed by atoms with van der Waals surface area (Å²) in [6.07, 6.45) is 2.06. The van der Waals surface area contributed by atoms with E-state index in [4.69, 9.17) is 4.74 Å². The molecule has 2 saturated heterocycles. The Balaban J connectivity index is 1.27. The number of hydrogen-bond donors (Lipinski definition) is 2. The SMILES string of the molecule is COc1ccc(NC(=O)N2CCCN3CC[C@H](c4ccc(C#Cc5ccccc5O)cc4)[C@@H]3C2)cc1. The van der Waals surface area contributed by atoms with E-state index >= 15 is 0 Å². The zero-order valence-corrected chi connectivity index (χ0v) is 20.5. The predicted molar refractivity (Wildman–Crippen MR) is 141 cm³/mol. The maximum absolute atomic E-state index is 13.1. The monoisotopic (exact) mass is 481 g/mol. The number of anilines is 1. The number of methoxy groups -OCH3 is 1. The maximum Gasteiger partial charge on any atom is 0.321 e. The van der Waals surface area contributed by atoms with Crippen molar-refractivity contribution in [2.24, 2.45) is 0 Å². The fourth-order valence-corrected chi connectivity index (χ4v) is 5.20.